The second-order valence-electron chi connectivity index (χ2n) is 5.24. The Morgan fingerprint density at radius 3 is 2.44 bits per heavy atom. The predicted octanol–water partition coefficient (Wildman–Crippen LogP) is 3.49. The highest BCUT2D eigenvalue weighted by atomic mass is 32.2. The van der Waals surface area contributed by atoms with Gasteiger partial charge in [-0.1, -0.05) is 18.2 Å². The summed E-state index contributed by atoms with van der Waals surface area (Å²) in [5.74, 6) is -1.07. The molecule has 132 valence electrons. The van der Waals surface area contributed by atoms with Gasteiger partial charge in [0, 0.05) is 0 Å². The molecule has 1 aromatic heterocycles. The lowest BCUT2D eigenvalue weighted by molar-refractivity contribution is -0.138. The Morgan fingerprint density at radius 2 is 1.80 bits per heavy atom. The Morgan fingerprint density at radius 1 is 1.12 bits per heavy atom. The highest BCUT2D eigenvalue weighted by Gasteiger charge is 2.34. The van der Waals surface area contributed by atoms with Gasteiger partial charge in [0.1, 0.15) is 5.82 Å². The number of hydrogen-bond donors (Lipinski definition) is 1. The molecule has 0 amide bonds. The number of para-hydroxylation sites is 2. The first-order valence-corrected chi connectivity index (χ1v) is 8.30. The van der Waals surface area contributed by atoms with Crippen LogP contribution >= 0.6 is 0 Å². The highest BCUT2D eigenvalue weighted by molar-refractivity contribution is 7.85. The Balaban J connectivity index is 2.23. The molecular formula is C15H10F4N2O3S. The third-order valence-corrected chi connectivity index (χ3v) is 4.33. The SMILES string of the molecule is O=S(=O)(O)c1nc2ccccc2n1Cc1ccc(F)cc1C(F)(F)F. The van der Waals surface area contributed by atoms with Crippen LogP contribution in [0.15, 0.2) is 47.6 Å². The zero-order valence-electron chi connectivity index (χ0n) is 12.3. The van der Waals surface area contributed by atoms with E-state index < -0.39 is 39.4 Å². The van der Waals surface area contributed by atoms with Gasteiger partial charge in [-0.2, -0.15) is 21.6 Å². The van der Waals surface area contributed by atoms with Gasteiger partial charge < -0.3 is 4.57 Å². The minimum absolute atomic E-state index is 0.186. The average Bonchev–Trinajstić information content (AvgIpc) is 2.87. The normalized spacial score (nSPS) is 12.7. The summed E-state index contributed by atoms with van der Waals surface area (Å²) in [5, 5.41) is -0.786. The van der Waals surface area contributed by atoms with E-state index in [1.807, 2.05) is 0 Å². The standard InChI is InChI=1S/C15H10F4N2O3S/c16-10-6-5-9(11(7-10)15(17,18)19)8-21-13-4-2-1-3-12(13)20-14(21)25(22,23)24/h1-7H,8H2,(H,22,23,24). The van der Waals surface area contributed by atoms with E-state index in [1.165, 1.54) is 12.1 Å². The van der Waals surface area contributed by atoms with Crippen LogP contribution in [-0.2, 0) is 22.8 Å². The van der Waals surface area contributed by atoms with Crippen LogP contribution in [0.4, 0.5) is 17.6 Å². The molecule has 0 saturated heterocycles. The van der Waals surface area contributed by atoms with Gasteiger partial charge in [-0.05, 0) is 29.8 Å². The van der Waals surface area contributed by atoms with Crippen LogP contribution in [0.2, 0.25) is 0 Å². The monoisotopic (exact) mass is 374 g/mol. The van der Waals surface area contributed by atoms with Crippen molar-refractivity contribution in [3.05, 3.63) is 59.4 Å². The molecule has 0 radical (unpaired) electrons. The van der Waals surface area contributed by atoms with Crippen LogP contribution in [-0.4, -0.2) is 22.5 Å². The molecule has 1 N–H and O–H groups in total. The lowest BCUT2D eigenvalue weighted by Crippen LogP contribution is -2.15. The first-order chi connectivity index (χ1) is 11.6. The van der Waals surface area contributed by atoms with Crippen LogP contribution in [0, 0.1) is 5.82 Å². The molecule has 2 aromatic carbocycles. The predicted molar refractivity (Wildman–Crippen MR) is 80.1 cm³/mol. The number of alkyl halides is 3. The Labute approximate surface area is 139 Å². The first kappa shape index (κ1) is 17.4. The van der Waals surface area contributed by atoms with Crippen molar-refractivity contribution in [2.24, 2.45) is 0 Å². The smallest absolute Gasteiger partial charge is 0.308 e. The number of benzene rings is 2. The summed E-state index contributed by atoms with van der Waals surface area (Å²) in [4.78, 5) is 3.76. The van der Waals surface area contributed by atoms with Gasteiger partial charge >= 0.3 is 16.3 Å². The largest absolute Gasteiger partial charge is 0.416 e. The number of hydrogen-bond acceptors (Lipinski definition) is 3. The minimum Gasteiger partial charge on any atom is -0.308 e. The Bertz CT molecular complexity index is 1060. The van der Waals surface area contributed by atoms with E-state index in [2.05, 4.69) is 4.98 Å². The molecule has 0 atom stereocenters. The maximum absolute atomic E-state index is 13.2. The molecule has 0 aliphatic heterocycles. The van der Waals surface area contributed by atoms with Crippen molar-refractivity contribution in [2.75, 3.05) is 0 Å². The lowest BCUT2D eigenvalue weighted by Gasteiger charge is -2.14. The first-order valence-electron chi connectivity index (χ1n) is 6.86. The van der Waals surface area contributed by atoms with E-state index in [0.717, 1.165) is 16.7 Å². The number of fused-ring (bicyclic) bond motifs is 1. The fraction of sp³-hybridized carbons (Fsp3) is 0.133. The van der Waals surface area contributed by atoms with Crippen molar-refractivity contribution in [1.29, 1.82) is 0 Å². The third-order valence-electron chi connectivity index (χ3n) is 3.56. The summed E-state index contributed by atoms with van der Waals surface area (Å²) in [6, 6.07) is 8.11. The van der Waals surface area contributed by atoms with Crippen molar-refractivity contribution >= 4 is 21.2 Å². The topological polar surface area (TPSA) is 72.2 Å². The molecule has 0 aliphatic rings. The number of aromatic nitrogens is 2. The van der Waals surface area contributed by atoms with Crippen molar-refractivity contribution < 1.29 is 30.5 Å². The Kier molecular flexibility index (Phi) is 4.04. The van der Waals surface area contributed by atoms with Crippen LogP contribution < -0.4 is 0 Å². The fourth-order valence-corrected chi connectivity index (χ4v) is 3.18. The third kappa shape index (κ3) is 3.35. The molecule has 0 fully saturated rings. The van der Waals surface area contributed by atoms with E-state index in [4.69, 9.17) is 0 Å². The zero-order chi connectivity index (χ0) is 18.4. The quantitative estimate of drug-likeness (QED) is 0.563. The van der Waals surface area contributed by atoms with E-state index in [1.54, 1.807) is 12.1 Å². The average molecular weight is 374 g/mol. The fourth-order valence-electron chi connectivity index (χ4n) is 2.52. The number of imidazole rings is 1. The molecule has 3 aromatic rings. The summed E-state index contributed by atoms with van der Waals surface area (Å²) in [7, 11) is -4.78. The minimum atomic E-state index is -4.83. The van der Waals surface area contributed by atoms with Crippen LogP contribution in [0.1, 0.15) is 11.1 Å². The summed E-state index contributed by atoms with van der Waals surface area (Å²) < 4.78 is 86.0. The molecule has 25 heavy (non-hydrogen) atoms. The van der Waals surface area contributed by atoms with Gasteiger partial charge in [0.2, 0.25) is 0 Å². The van der Waals surface area contributed by atoms with Crippen LogP contribution in [0.3, 0.4) is 0 Å². The van der Waals surface area contributed by atoms with Gasteiger partial charge in [-0.25, -0.2) is 9.37 Å². The molecular weight excluding hydrogens is 364 g/mol. The second-order valence-corrected chi connectivity index (χ2v) is 6.56. The van der Waals surface area contributed by atoms with Gasteiger partial charge in [0.25, 0.3) is 5.16 Å². The van der Waals surface area contributed by atoms with E-state index in [-0.39, 0.29) is 16.6 Å². The molecule has 0 saturated carbocycles. The van der Waals surface area contributed by atoms with Crippen molar-refractivity contribution in [3.8, 4) is 0 Å². The van der Waals surface area contributed by atoms with Gasteiger partial charge in [-0.15, -0.1) is 0 Å². The molecule has 3 rings (SSSR count). The van der Waals surface area contributed by atoms with Gasteiger partial charge in [0.15, 0.2) is 0 Å². The van der Waals surface area contributed by atoms with Crippen LogP contribution in [0.5, 0.6) is 0 Å². The molecule has 5 nitrogen and oxygen atoms in total. The molecule has 1 heterocycles. The molecule has 0 aliphatic carbocycles. The molecule has 0 spiro atoms. The van der Waals surface area contributed by atoms with Crippen LogP contribution in [0.25, 0.3) is 11.0 Å². The van der Waals surface area contributed by atoms with Gasteiger partial charge in [0.05, 0.1) is 23.1 Å². The molecule has 0 bridgehead atoms. The number of rotatable bonds is 3. The number of halogens is 4. The molecule has 10 heteroatoms. The highest BCUT2D eigenvalue weighted by Crippen LogP contribution is 2.33. The lowest BCUT2D eigenvalue weighted by atomic mass is 10.1. The maximum atomic E-state index is 13.2. The molecule has 0 unspecified atom stereocenters. The van der Waals surface area contributed by atoms with Crippen molar-refractivity contribution in [3.63, 3.8) is 0 Å². The summed E-state index contributed by atoms with van der Waals surface area (Å²) in [6.45, 7) is -0.565. The Hall–Kier alpha value is -2.46. The van der Waals surface area contributed by atoms with E-state index in [9.17, 15) is 30.5 Å². The summed E-state index contributed by atoms with van der Waals surface area (Å²) in [5.41, 5.74) is -1.19. The summed E-state index contributed by atoms with van der Waals surface area (Å²) >= 11 is 0. The van der Waals surface area contributed by atoms with E-state index >= 15 is 0 Å². The van der Waals surface area contributed by atoms with Gasteiger partial charge in [-0.3, -0.25) is 4.55 Å². The maximum Gasteiger partial charge on any atom is 0.416 e. The zero-order valence-corrected chi connectivity index (χ0v) is 13.1. The summed E-state index contributed by atoms with van der Waals surface area (Å²) in [6.07, 6.45) is -4.83. The van der Waals surface area contributed by atoms with Crippen molar-refractivity contribution in [1.82, 2.24) is 9.55 Å². The number of nitrogens with zero attached hydrogens (tertiary/aromatic N) is 2. The van der Waals surface area contributed by atoms with E-state index in [0.29, 0.717) is 6.07 Å². The second kappa shape index (κ2) is 5.81. The van der Waals surface area contributed by atoms with Crippen molar-refractivity contribution in [2.45, 2.75) is 17.9 Å².